The number of thiophene rings is 1. The van der Waals surface area contributed by atoms with E-state index < -0.39 is 0 Å². The highest BCUT2D eigenvalue weighted by Gasteiger charge is 2.26. The average molecular weight is 350 g/mol. The predicted molar refractivity (Wildman–Crippen MR) is 98.0 cm³/mol. The molecular weight excluding hydrogens is 322 g/mol. The highest BCUT2D eigenvalue weighted by molar-refractivity contribution is 7.10. The molecule has 0 spiro atoms. The molecule has 132 valence electrons. The summed E-state index contributed by atoms with van der Waals surface area (Å²) < 4.78 is 7.35. The number of ether oxygens (including phenoxy) is 1. The van der Waals surface area contributed by atoms with Crippen molar-refractivity contribution >= 4 is 17.3 Å². The molecule has 2 aromatic rings. The molecule has 0 N–H and O–H groups in total. The van der Waals surface area contributed by atoms with Gasteiger partial charge in [-0.25, -0.2) is 0 Å². The van der Waals surface area contributed by atoms with Crippen LogP contribution in [0.1, 0.15) is 23.2 Å². The van der Waals surface area contributed by atoms with Gasteiger partial charge >= 0.3 is 0 Å². The molecule has 1 fully saturated rings. The summed E-state index contributed by atoms with van der Waals surface area (Å²) in [5.41, 5.74) is 1.32. The number of methoxy groups -OCH3 is 1. The fourth-order valence-electron chi connectivity index (χ4n) is 3.27. The lowest BCUT2D eigenvalue weighted by molar-refractivity contribution is 0.117. The number of nitrogens with zero attached hydrogens (tertiary/aromatic N) is 5. The average Bonchev–Trinajstić information content (AvgIpc) is 3.13. The Hall–Kier alpha value is -1.44. The van der Waals surface area contributed by atoms with E-state index in [1.54, 1.807) is 18.4 Å². The fourth-order valence-corrected chi connectivity index (χ4v) is 3.98. The summed E-state index contributed by atoms with van der Waals surface area (Å²) in [4.78, 5) is 6.17. The molecule has 6 nitrogen and oxygen atoms in total. The van der Waals surface area contributed by atoms with Gasteiger partial charge in [-0.1, -0.05) is 0 Å². The summed E-state index contributed by atoms with van der Waals surface area (Å²) >= 11 is 1.79. The minimum atomic E-state index is 0.494. The number of hydrogen-bond donors (Lipinski definition) is 0. The first-order chi connectivity index (χ1) is 11.6. The second-order valence-corrected chi connectivity index (χ2v) is 7.66. The number of aryl methyl sites for hydroxylation is 1. The molecule has 1 aliphatic rings. The normalized spacial score (nSPS) is 19.2. The van der Waals surface area contributed by atoms with E-state index in [0.717, 1.165) is 51.0 Å². The molecule has 0 aliphatic carbocycles. The molecule has 3 heterocycles. The molecule has 0 saturated carbocycles. The Morgan fingerprint density at radius 3 is 2.83 bits per heavy atom. The zero-order valence-electron chi connectivity index (χ0n) is 15.0. The third kappa shape index (κ3) is 3.79. The monoisotopic (exact) mass is 349 g/mol. The van der Waals surface area contributed by atoms with E-state index in [-0.39, 0.29) is 0 Å². The van der Waals surface area contributed by atoms with Crippen LogP contribution in [0.5, 0.6) is 0 Å². The van der Waals surface area contributed by atoms with Crippen LogP contribution in [-0.4, -0.2) is 65.6 Å². The van der Waals surface area contributed by atoms with Gasteiger partial charge in [-0.2, -0.15) is 0 Å². The third-order valence-corrected chi connectivity index (χ3v) is 5.63. The smallest absolute Gasteiger partial charge is 0.227 e. The first-order valence-corrected chi connectivity index (χ1v) is 9.36. The summed E-state index contributed by atoms with van der Waals surface area (Å²) in [5.74, 6) is 2.01. The number of rotatable bonds is 6. The number of aromatic nitrogens is 3. The van der Waals surface area contributed by atoms with Gasteiger partial charge in [-0.3, -0.25) is 4.90 Å². The van der Waals surface area contributed by atoms with Crippen LogP contribution >= 0.6 is 11.3 Å². The van der Waals surface area contributed by atoms with Crippen molar-refractivity contribution in [1.29, 1.82) is 0 Å². The van der Waals surface area contributed by atoms with E-state index >= 15 is 0 Å². The maximum atomic E-state index is 5.20. The summed E-state index contributed by atoms with van der Waals surface area (Å²) in [6.07, 6.45) is 0.844. The van der Waals surface area contributed by atoms with Crippen LogP contribution in [0.2, 0.25) is 0 Å². The molecule has 0 radical (unpaired) electrons. The molecule has 1 saturated heterocycles. The van der Waals surface area contributed by atoms with Gasteiger partial charge in [0.15, 0.2) is 0 Å². The van der Waals surface area contributed by atoms with Crippen molar-refractivity contribution in [3.8, 4) is 0 Å². The molecular formula is C17H27N5OS. The van der Waals surface area contributed by atoms with Crippen molar-refractivity contribution in [3.05, 3.63) is 27.7 Å². The summed E-state index contributed by atoms with van der Waals surface area (Å²) in [7, 11) is 3.84. The van der Waals surface area contributed by atoms with Crippen molar-refractivity contribution in [3.63, 3.8) is 0 Å². The van der Waals surface area contributed by atoms with Gasteiger partial charge in [0.25, 0.3) is 0 Å². The van der Waals surface area contributed by atoms with E-state index in [1.807, 2.05) is 0 Å². The van der Waals surface area contributed by atoms with E-state index in [1.165, 1.54) is 10.4 Å². The van der Waals surface area contributed by atoms with Crippen LogP contribution in [0.4, 0.5) is 5.95 Å². The molecule has 0 aromatic carbocycles. The predicted octanol–water partition coefficient (Wildman–Crippen LogP) is 1.93. The van der Waals surface area contributed by atoms with E-state index in [0.29, 0.717) is 6.04 Å². The van der Waals surface area contributed by atoms with Crippen LogP contribution in [0.25, 0.3) is 0 Å². The maximum absolute atomic E-state index is 5.20. The van der Waals surface area contributed by atoms with Crippen LogP contribution in [-0.2, 0) is 18.2 Å². The number of anilines is 1. The molecule has 3 rings (SSSR count). The second-order valence-electron chi connectivity index (χ2n) is 6.54. The van der Waals surface area contributed by atoms with Gasteiger partial charge in [0.2, 0.25) is 5.95 Å². The quantitative estimate of drug-likeness (QED) is 0.797. The highest BCUT2D eigenvalue weighted by Crippen LogP contribution is 2.20. The van der Waals surface area contributed by atoms with E-state index in [4.69, 9.17) is 4.74 Å². The molecule has 0 bridgehead atoms. The molecule has 1 unspecified atom stereocenters. The summed E-state index contributed by atoms with van der Waals surface area (Å²) in [6.45, 7) is 9.20. The van der Waals surface area contributed by atoms with Crippen molar-refractivity contribution in [2.45, 2.75) is 26.3 Å². The molecule has 24 heavy (non-hydrogen) atoms. The lowest BCUT2D eigenvalue weighted by Gasteiger charge is -2.39. The lowest BCUT2D eigenvalue weighted by Crippen LogP contribution is -2.53. The van der Waals surface area contributed by atoms with E-state index in [2.05, 4.69) is 56.9 Å². The first kappa shape index (κ1) is 17.4. The topological polar surface area (TPSA) is 46.4 Å². The Morgan fingerprint density at radius 2 is 2.17 bits per heavy atom. The van der Waals surface area contributed by atoms with Gasteiger partial charge in [-0.15, -0.1) is 21.5 Å². The highest BCUT2D eigenvalue weighted by atomic mass is 32.1. The zero-order chi connectivity index (χ0) is 17.1. The van der Waals surface area contributed by atoms with Crippen molar-refractivity contribution < 1.29 is 4.74 Å². The van der Waals surface area contributed by atoms with Crippen molar-refractivity contribution in [2.24, 2.45) is 7.05 Å². The van der Waals surface area contributed by atoms with Gasteiger partial charge in [-0.05, 0) is 30.9 Å². The van der Waals surface area contributed by atoms with Crippen LogP contribution in [0.15, 0.2) is 11.4 Å². The van der Waals surface area contributed by atoms with Crippen LogP contribution in [0.3, 0.4) is 0 Å². The molecule has 7 heteroatoms. The Labute approximate surface area is 148 Å². The molecule has 0 amide bonds. The van der Waals surface area contributed by atoms with Crippen LogP contribution < -0.4 is 4.90 Å². The van der Waals surface area contributed by atoms with Crippen LogP contribution in [0, 0.1) is 6.92 Å². The Bertz CT molecular complexity index is 668. The summed E-state index contributed by atoms with van der Waals surface area (Å²) in [5, 5.41) is 11.1. The van der Waals surface area contributed by atoms with Gasteiger partial charge in [0.1, 0.15) is 5.82 Å². The minimum absolute atomic E-state index is 0.494. The van der Waals surface area contributed by atoms with Gasteiger partial charge in [0.05, 0.1) is 6.61 Å². The SMILES string of the molecule is COCCN1CCN(c2nnc(Cc3csc(C)c3)n2C)CC1C. The third-order valence-electron chi connectivity index (χ3n) is 4.72. The standard InChI is InChI=1S/C17H27N5OS/c1-13-11-22(6-5-21(13)7-8-23-4)17-19-18-16(20(17)3)10-15-9-14(2)24-12-15/h9,12-13H,5-8,10-11H2,1-4H3. The lowest BCUT2D eigenvalue weighted by atomic mass is 10.2. The van der Waals surface area contributed by atoms with Gasteiger partial charge in [0, 0.05) is 57.7 Å². The number of piperazine rings is 1. The number of hydrogen-bond acceptors (Lipinski definition) is 6. The zero-order valence-corrected chi connectivity index (χ0v) is 15.8. The Morgan fingerprint density at radius 1 is 1.33 bits per heavy atom. The molecule has 1 aliphatic heterocycles. The first-order valence-electron chi connectivity index (χ1n) is 8.48. The summed E-state index contributed by atoms with van der Waals surface area (Å²) in [6, 6.07) is 2.73. The molecule has 1 atom stereocenters. The molecule has 2 aromatic heterocycles. The maximum Gasteiger partial charge on any atom is 0.227 e. The van der Waals surface area contributed by atoms with E-state index in [9.17, 15) is 0 Å². The van der Waals surface area contributed by atoms with Gasteiger partial charge < -0.3 is 14.2 Å². The van der Waals surface area contributed by atoms with Crippen molar-refractivity contribution in [1.82, 2.24) is 19.7 Å². The van der Waals surface area contributed by atoms with Crippen molar-refractivity contribution in [2.75, 3.05) is 44.8 Å². The Balaban J connectivity index is 1.65. The fraction of sp³-hybridized carbons (Fsp3) is 0.647. The second kappa shape index (κ2) is 7.63. The largest absolute Gasteiger partial charge is 0.383 e. The Kier molecular flexibility index (Phi) is 5.53. The minimum Gasteiger partial charge on any atom is -0.383 e.